The molecule has 4 heterocycles. The van der Waals surface area contributed by atoms with Crippen LogP contribution in [0.4, 0.5) is 5.95 Å². The van der Waals surface area contributed by atoms with Gasteiger partial charge < -0.3 is 10.3 Å². The lowest BCUT2D eigenvalue weighted by Crippen LogP contribution is -2.31. The molecular formula is C24H28N8O. The molecule has 0 saturated carbocycles. The Labute approximate surface area is 193 Å². The van der Waals surface area contributed by atoms with E-state index in [1.165, 1.54) is 0 Å². The van der Waals surface area contributed by atoms with Gasteiger partial charge in [0.25, 0.3) is 5.89 Å². The number of nitrogen functional groups attached to an aromatic ring is 1. The second-order valence-corrected chi connectivity index (χ2v) is 9.03. The summed E-state index contributed by atoms with van der Waals surface area (Å²) in [7, 11) is 0. The van der Waals surface area contributed by atoms with Gasteiger partial charge in [0.15, 0.2) is 5.82 Å². The van der Waals surface area contributed by atoms with Crippen molar-refractivity contribution in [3.63, 3.8) is 0 Å². The zero-order valence-electron chi connectivity index (χ0n) is 19.5. The summed E-state index contributed by atoms with van der Waals surface area (Å²) in [5.41, 5.74) is 9.09. The van der Waals surface area contributed by atoms with Crippen LogP contribution >= 0.6 is 0 Å². The van der Waals surface area contributed by atoms with Crippen molar-refractivity contribution < 1.29 is 4.52 Å². The largest absolute Gasteiger partial charge is 0.368 e. The van der Waals surface area contributed by atoms with Crippen LogP contribution in [0.1, 0.15) is 51.7 Å². The Hall–Kier alpha value is -3.75. The summed E-state index contributed by atoms with van der Waals surface area (Å²) in [5.74, 6) is 1.85. The molecule has 0 spiro atoms. The van der Waals surface area contributed by atoms with Crippen molar-refractivity contribution in [3.8, 4) is 22.8 Å². The Morgan fingerprint density at radius 1 is 0.879 bits per heavy atom. The van der Waals surface area contributed by atoms with E-state index in [2.05, 4.69) is 69.7 Å². The molecule has 0 aliphatic heterocycles. The normalized spacial score (nSPS) is 13.4. The predicted molar refractivity (Wildman–Crippen MR) is 125 cm³/mol. The second kappa shape index (κ2) is 9.01. The maximum Gasteiger partial charge on any atom is 0.278 e. The van der Waals surface area contributed by atoms with E-state index in [-0.39, 0.29) is 11.9 Å². The molecule has 2 N–H and O–H groups in total. The van der Waals surface area contributed by atoms with Crippen LogP contribution in [0, 0.1) is 11.8 Å². The van der Waals surface area contributed by atoms with Gasteiger partial charge in [0, 0.05) is 30.4 Å². The molecule has 9 nitrogen and oxygen atoms in total. The molecule has 4 aromatic rings. The van der Waals surface area contributed by atoms with Gasteiger partial charge in [-0.3, -0.25) is 9.97 Å². The molecule has 4 aromatic heterocycles. The molecule has 170 valence electrons. The highest BCUT2D eigenvalue weighted by Gasteiger charge is 2.38. The third-order valence-corrected chi connectivity index (χ3v) is 5.92. The van der Waals surface area contributed by atoms with Gasteiger partial charge in [-0.1, -0.05) is 38.9 Å². The minimum absolute atomic E-state index is 0.176. The first-order valence-corrected chi connectivity index (χ1v) is 11.0. The van der Waals surface area contributed by atoms with Crippen LogP contribution in [0.2, 0.25) is 0 Å². The molecule has 0 bridgehead atoms. The van der Waals surface area contributed by atoms with E-state index < -0.39 is 5.41 Å². The molecule has 0 aliphatic carbocycles. The average Bonchev–Trinajstić information content (AvgIpc) is 3.30. The van der Waals surface area contributed by atoms with Crippen molar-refractivity contribution in [2.24, 2.45) is 11.8 Å². The molecule has 1 atom stereocenters. The minimum atomic E-state index is -0.518. The SMILES string of the molecule is CC(C)Cc1cnc(-c2nc([C@](C)(c3ccc(-c4cnc(N)nc4)nc3)C(C)C)no2)cn1. The third-order valence-electron chi connectivity index (χ3n) is 5.92. The fraction of sp³-hybridized carbons (Fsp3) is 0.375. The van der Waals surface area contributed by atoms with Gasteiger partial charge in [-0.05, 0) is 36.8 Å². The third kappa shape index (κ3) is 4.57. The summed E-state index contributed by atoms with van der Waals surface area (Å²) in [4.78, 5) is 26.3. The predicted octanol–water partition coefficient (Wildman–Crippen LogP) is 4.12. The van der Waals surface area contributed by atoms with Crippen molar-refractivity contribution >= 4 is 5.95 Å². The van der Waals surface area contributed by atoms with Crippen LogP contribution in [0.25, 0.3) is 22.8 Å². The molecule has 0 aliphatic rings. The number of hydrogen-bond acceptors (Lipinski definition) is 9. The standard InChI is InChI=1S/C24H28N8O/c1-14(2)8-18-12-28-20(13-26-18)21-31-22(32-33-21)24(5,15(3)4)17-6-7-19(27-11-17)16-9-29-23(25)30-10-16/h6-7,9-15H,8H2,1-5H3,(H2,25,29,30)/t24-/m0/s1. The lowest BCUT2D eigenvalue weighted by Gasteiger charge is -2.30. The molecule has 0 amide bonds. The van der Waals surface area contributed by atoms with Gasteiger partial charge in [-0.25, -0.2) is 15.0 Å². The van der Waals surface area contributed by atoms with Crippen molar-refractivity contribution in [1.82, 2.24) is 35.1 Å². The fourth-order valence-corrected chi connectivity index (χ4v) is 3.59. The summed E-state index contributed by atoms with van der Waals surface area (Å²) in [6, 6.07) is 3.96. The van der Waals surface area contributed by atoms with Gasteiger partial charge in [-0.2, -0.15) is 4.98 Å². The van der Waals surface area contributed by atoms with Crippen LogP contribution in [-0.4, -0.2) is 35.1 Å². The number of rotatable bonds is 7. The molecule has 0 aromatic carbocycles. The summed E-state index contributed by atoms with van der Waals surface area (Å²) in [5, 5.41) is 4.31. The molecule has 4 rings (SSSR count). The van der Waals surface area contributed by atoms with Crippen molar-refractivity contribution in [2.75, 3.05) is 5.73 Å². The highest BCUT2D eigenvalue weighted by atomic mass is 16.5. The lowest BCUT2D eigenvalue weighted by molar-refractivity contribution is 0.350. The highest BCUT2D eigenvalue weighted by Crippen LogP contribution is 2.38. The van der Waals surface area contributed by atoms with E-state index in [0.717, 1.165) is 28.9 Å². The first kappa shape index (κ1) is 22.4. The molecule has 9 heteroatoms. The Bertz CT molecular complexity index is 1200. The van der Waals surface area contributed by atoms with Crippen molar-refractivity contribution in [1.29, 1.82) is 0 Å². The van der Waals surface area contributed by atoms with E-state index >= 15 is 0 Å². The van der Waals surface area contributed by atoms with Crippen LogP contribution in [0.15, 0.2) is 47.6 Å². The maximum atomic E-state index is 5.58. The van der Waals surface area contributed by atoms with Gasteiger partial charge in [-0.15, -0.1) is 0 Å². The molecule has 0 fully saturated rings. The first-order chi connectivity index (χ1) is 15.8. The Kier molecular flexibility index (Phi) is 6.13. The quantitative estimate of drug-likeness (QED) is 0.447. The molecular weight excluding hydrogens is 416 g/mol. The summed E-state index contributed by atoms with van der Waals surface area (Å²) >= 11 is 0. The van der Waals surface area contributed by atoms with E-state index in [1.54, 1.807) is 24.8 Å². The Morgan fingerprint density at radius 2 is 1.61 bits per heavy atom. The van der Waals surface area contributed by atoms with Gasteiger partial charge >= 0.3 is 0 Å². The van der Waals surface area contributed by atoms with E-state index in [9.17, 15) is 0 Å². The number of nitrogens with two attached hydrogens (primary N) is 1. The number of anilines is 1. The monoisotopic (exact) mass is 444 g/mol. The maximum absolute atomic E-state index is 5.58. The van der Waals surface area contributed by atoms with Gasteiger partial charge in [0.1, 0.15) is 5.69 Å². The zero-order valence-corrected chi connectivity index (χ0v) is 19.5. The molecule has 0 unspecified atom stereocenters. The number of aromatic nitrogens is 7. The summed E-state index contributed by atoms with van der Waals surface area (Å²) in [6.45, 7) is 10.6. The van der Waals surface area contributed by atoms with Crippen molar-refractivity contribution in [3.05, 3.63) is 60.2 Å². The summed E-state index contributed by atoms with van der Waals surface area (Å²) < 4.78 is 5.58. The van der Waals surface area contributed by atoms with E-state index in [1.807, 2.05) is 18.3 Å². The zero-order chi connectivity index (χ0) is 23.6. The van der Waals surface area contributed by atoms with Crippen LogP contribution in [-0.2, 0) is 11.8 Å². The van der Waals surface area contributed by atoms with Crippen molar-refractivity contribution in [2.45, 2.75) is 46.5 Å². The number of pyridine rings is 1. The van der Waals surface area contributed by atoms with Crippen LogP contribution in [0.3, 0.4) is 0 Å². The number of hydrogen-bond donors (Lipinski definition) is 1. The smallest absolute Gasteiger partial charge is 0.278 e. The van der Waals surface area contributed by atoms with Gasteiger partial charge in [0.2, 0.25) is 5.95 Å². The van der Waals surface area contributed by atoms with Gasteiger partial charge in [0.05, 0.1) is 23.0 Å². The summed E-state index contributed by atoms with van der Waals surface area (Å²) in [6.07, 6.45) is 9.48. The number of nitrogens with zero attached hydrogens (tertiary/aromatic N) is 7. The Balaban J connectivity index is 1.63. The average molecular weight is 445 g/mol. The molecule has 0 saturated heterocycles. The highest BCUT2D eigenvalue weighted by molar-refractivity contribution is 5.57. The lowest BCUT2D eigenvalue weighted by atomic mass is 9.73. The molecule has 0 radical (unpaired) electrons. The van der Waals surface area contributed by atoms with Crippen LogP contribution < -0.4 is 5.73 Å². The minimum Gasteiger partial charge on any atom is -0.368 e. The van der Waals surface area contributed by atoms with Crippen LogP contribution in [0.5, 0.6) is 0 Å². The molecule has 33 heavy (non-hydrogen) atoms. The van der Waals surface area contributed by atoms with E-state index in [4.69, 9.17) is 10.3 Å². The topological polar surface area (TPSA) is 129 Å². The Morgan fingerprint density at radius 3 is 2.18 bits per heavy atom. The first-order valence-electron chi connectivity index (χ1n) is 11.0. The second-order valence-electron chi connectivity index (χ2n) is 9.03. The fourth-order valence-electron chi connectivity index (χ4n) is 3.59. The van der Waals surface area contributed by atoms with E-state index in [0.29, 0.717) is 23.3 Å².